The minimum absolute atomic E-state index is 0.278. The van der Waals surface area contributed by atoms with Crippen molar-refractivity contribution in [1.82, 2.24) is 10.3 Å². The second-order valence-corrected chi connectivity index (χ2v) is 6.35. The summed E-state index contributed by atoms with van der Waals surface area (Å²) in [6.07, 6.45) is 2.93. The number of amides is 1. The highest BCUT2D eigenvalue weighted by Gasteiger charge is 2.10. The molecule has 0 saturated carbocycles. The van der Waals surface area contributed by atoms with E-state index in [2.05, 4.69) is 26.2 Å². The Morgan fingerprint density at radius 3 is 2.72 bits per heavy atom. The Morgan fingerprint density at radius 2 is 2.00 bits per heavy atom. The number of nitrogens with one attached hydrogen (secondary N) is 1. The first kappa shape index (κ1) is 18.9. The predicted molar refractivity (Wildman–Crippen MR) is 96.6 cm³/mol. The number of benzene rings is 1. The molecule has 132 valence electrons. The van der Waals surface area contributed by atoms with Gasteiger partial charge in [0.1, 0.15) is 12.4 Å². The van der Waals surface area contributed by atoms with Crippen LogP contribution in [0.5, 0.6) is 5.75 Å². The van der Waals surface area contributed by atoms with Crippen molar-refractivity contribution in [2.75, 3.05) is 19.8 Å². The summed E-state index contributed by atoms with van der Waals surface area (Å²) in [6, 6.07) is 7.48. The molecular weight excluding hydrogens is 388 g/mol. The van der Waals surface area contributed by atoms with Gasteiger partial charge in [-0.05, 0) is 47.5 Å². The molecule has 1 amide bonds. The zero-order valence-corrected chi connectivity index (χ0v) is 15.6. The lowest BCUT2D eigenvalue weighted by Crippen LogP contribution is -2.32. The fraction of sp³-hybridized carbons (Fsp3) is 0.278. The van der Waals surface area contributed by atoms with Gasteiger partial charge in [-0.1, -0.05) is 17.7 Å². The van der Waals surface area contributed by atoms with E-state index in [0.29, 0.717) is 17.6 Å². The van der Waals surface area contributed by atoms with E-state index >= 15 is 0 Å². The highest BCUT2D eigenvalue weighted by atomic mass is 79.9. The number of ether oxygens (including phenoxy) is 2. The van der Waals surface area contributed by atoms with Crippen LogP contribution in [-0.4, -0.2) is 36.6 Å². The van der Waals surface area contributed by atoms with Crippen molar-refractivity contribution in [3.05, 3.63) is 57.8 Å². The minimum atomic E-state index is -0.601. The number of esters is 1. The van der Waals surface area contributed by atoms with Crippen molar-refractivity contribution >= 4 is 27.8 Å². The number of halogens is 1. The number of aromatic nitrogens is 1. The number of hydrogen-bond acceptors (Lipinski definition) is 5. The fourth-order valence-electron chi connectivity index (χ4n) is 2.10. The number of carbonyl (C=O) groups is 2. The number of nitrogens with zero attached hydrogens (tertiary/aromatic N) is 1. The number of carbonyl (C=O) groups excluding carboxylic acids is 2. The summed E-state index contributed by atoms with van der Waals surface area (Å²) in [4.78, 5) is 27.4. The van der Waals surface area contributed by atoms with Crippen LogP contribution >= 0.6 is 15.9 Å². The molecule has 2 rings (SSSR count). The van der Waals surface area contributed by atoms with E-state index in [4.69, 9.17) is 9.47 Å². The van der Waals surface area contributed by atoms with Crippen molar-refractivity contribution in [3.8, 4) is 5.75 Å². The molecule has 1 aromatic carbocycles. The van der Waals surface area contributed by atoms with Gasteiger partial charge in [-0.25, -0.2) is 4.79 Å². The van der Waals surface area contributed by atoms with Crippen LogP contribution in [0.2, 0.25) is 0 Å². The molecule has 0 spiro atoms. The zero-order valence-electron chi connectivity index (χ0n) is 14.0. The standard InChI is InChI=1S/C18H19BrN2O4/c1-12-3-4-16(13(2)7-12)24-6-5-21-17(22)11-25-18(23)14-8-15(19)10-20-9-14/h3-4,7-10H,5-6,11H2,1-2H3,(H,21,22). The van der Waals surface area contributed by atoms with Crippen LogP contribution < -0.4 is 10.1 Å². The Labute approximate surface area is 154 Å². The molecule has 0 saturated heterocycles. The van der Waals surface area contributed by atoms with Gasteiger partial charge in [0.05, 0.1) is 12.1 Å². The maximum atomic E-state index is 11.8. The Balaban J connectivity index is 1.68. The summed E-state index contributed by atoms with van der Waals surface area (Å²) >= 11 is 3.22. The lowest BCUT2D eigenvalue weighted by Gasteiger charge is -2.10. The molecule has 0 radical (unpaired) electrons. The minimum Gasteiger partial charge on any atom is -0.491 e. The third kappa shape index (κ3) is 6.19. The third-order valence-corrected chi connectivity index (χ3v) is 3.72. The molecule has 6 nitrogen and oxygen atoms in total. The molecule has 1 N–H and O–H groups in total. The molecule has 0 unspecified atom stereocenters. The summed E-state index contributed by atoms with van der Waals surface area (Å²) in [6.45, 7) is 4.29. The molecule has 0 aliphatic carbocycles. The Bertz CT molecular complexity index is 764. The molecule has 2 aromatic rings. The molecule has 1 aromatic heterocycles. The second-order valence-electron chi connectivity index (χ2n) is 5.44. The average Bonchev–Trinajstić information content (AvgIpc) is 2.58. The fourth-order valence-corrected chi connectivity index (χ4v) is 2.47. The summed E-state index contributed by atoms with van der Waals surface area (Å²) in [5, 5.41) is 2.64. The van der Waals surface area contributed by atoms with Gasteiger partial charge < -0.3 is 14.8 Å². The monoisotopic (exact) mass is 406 g/mol. The van der Waals surface area contributed by atoms with Gasteiger partial charge in [0.25, 0.3) is 5.91 Å². The largest absolute Gasteiger partial charge is 0.491 e. The maximum absolute atomic E-state index is 11.8. The van der Waals surface area contributed by atoms with Crippen molar-refractivity contribution in [2.45, 2.75) is 13.8 Å². The van der Waals surface area contributed by atoms with Crippen molar-refractivity contribution in [1.29, 1.82) is 0 Å². The Morgan fingerprint density at radius 1 is 1.20 bits per heavy atom. The first-order valence-electron chi connectivity index (χ1n) is 7.70. The van der Waals surface area contributed by atoms with Gasteiger partial charge in [0, 0.05) is 16.9 Å². The van der Waals surface area contributed by atoms with Crippen LogP contribution in [0.15, 0.2) is 41.1 Å². The molecule has 0 atom stereocenters. The number of hydrogen-bond donors (Lipinski definition) is 1. The van der Waals surface area contributed by atoms with Crippen LogP contribution in [0.4, 0.5) is 0 Å². The van der Waals surface area contributed by atoms with E-state index < -0.39 is 5.97 Å². The van der Waals surface area contributed by atoms with Crippen molar-refractivity contribution in [2.24, 2.45) is 0 Å². The van der Waals surface area contributed by atoms with Gasteiger partial charge in [0.15, 0.2) is 6.61 Å². The maximum Gasteiger partial charge on any atom is 0.340 e. The van der Waals surface area contributed by atoms with Gasteiger partial charge in [-0.2, -0.15) is 0 Å². The van der Waals surface area contributed by atoms with Crippen LogP contribution in [0.1, 0.15) is 21.5 Å². The van der Waals surface area contributed by atoms with E-state index in [-0.39, 0.29) is 18.1 Å². The first-order valence-corrected chi connectivity index (χ1v) is 8.49. The number of aryl methyl sites for hydroxylation is 2. The normalized spacial score (nSPS) is 10.2. The topological polar surface area (TPSA) is 77.5 Å². The van der Waals surface area contributed by atoms with Crippen molar-refractivity contribution < 1.29 is 19.1 Å². The molecule has 0 aliphatic rings. The highest BCUT2D eigenvalue weighted by Crippen LogP contribution is 2.18. The Hall–Kier alpha value is -2.41. The van der Waals surface area contributed by atoms with E-state index in [1.54, 1.807) is 12.3 Å². The van der Waals surface area contributed by atoms with Gasteiger partial charge in [-0.3, -0.25) is 9.78 Å². The van der Waals surface area contributed by atoms with Gasteiger partial charge >= 0.3 is 5.97 Å². The SMILES string of the molecule is Cc1ccc(OCCNC(=O)COC(=O)c2cncc(Br)c2)c(C)c1. The summed E-state index contributed by atoms with van der Waals surface area (Å²) in [5.41, 5.74) is 2.49. The lowest BCUT2D eigenvalue weighted by atomic mass is 10.1. The van der Waals surface area contributed by atoms with Crippen LogP contribution in [0.25, 0.3) is 0 Å². The van der Waals surface area contributed by atoms with Gasteiger partial charge in [0.2, 0.25) is 0 Å². The summed E-state index contributed by atoms with van der Waals surface area (Å²) in [7, 11) is 0. The Kier molecular flexibility index (Phi) is 6.94. The zero-order chi connectivity index (χ0) is 18.2. The smallest absolute Gasteiger partial charge is 0.340 e. The molecule has 1 heterocycles. The predicted octanol–water partition coefficient (Wildman–Crippen LogP) is 2.81. The lowest BCUT2D eigenvalue weighted by molar-refractivity contribution is -0.124. The van der Waals surface area contributed by atoms with Crippen molar-refractivity contribution in [3.63, 3.8) is 0 Å². The number of pyridine rings is 1. The van der Waals surface area contributed by atoms with Crippen LogP contribution in [0.3, 0.4) is 0 Å². The average molecular weight is 407 g/mol. The number of rotatable bonds is 7. The van der Waals surface area contributed by atoms with E-state index in [0.717, 1.165) is 11.3 Å². The van der Waals surface area contributed by atoms with E-state index in [1.165, 1.54) is 11.8 Å². The second kappa shape index (κ2) is 9.17. The third-order valence-electron chi connectivity index (χ3n) is 3.29. The molecule has 0 fully saturated rings. The molecular formula is C18H19BrN2O4. The summed E-state index contributed by atoms with van der Waals surface area (Å²) < 4.78 is 11.2. The highest BCUT2D eigenvalue weighted by molar-refractivity contribution is 9.10. The molecule has 25 heavy (non-hydrogen) atoms. The van der Waals surface area contributed by atoms with E-state index in [9.17, 15) is 9.59 Å². The first-order chi connectivity index (χ1) is 12.0. The molecule has 7 heteroatoms. The summed E-state index contributed by atoms with van der Waals surface area (Å²) in [5.74, 6) is -0.204. The van der Waals surface area contributed by atoms with E-state index in [1.807, 2.05) is 32.0 Å². The quantitative estimate of drug-likeness (QED) is 0.564. The van der Waals surface area contributed by atoms with Crippen LogP contribution in [0, 0.1) is 13.8 Å². The molecule has 0 bridgehead atoms. The molecule has 0 aliphatic heterocycles. The van der Waals surface area contributed by atoms with Gasteiger partial charge in [-0.15, -0.1) is 0 Å². The van der Waals surface area contributed by atoms with Crippen LogP contribution in [-0.2, 0) is 9.53 Å².